The minimum atomic E-state index is 0.228. The first-order valence-electron chi connectivity index (χ1n) is 12.9. The Hall–Kier alpha value is -3.13. The van der Waals surface area contributed by atoms with Gasteiger partial charge in [0.2, 0.25) is 5.52 Å². The zero-order valence-electron chi connectivity index (χ0n) is 22.5. The Labute approximate surface area is 208 Å². The third kappa shape index (κ3) is 3.41. The van der Waals surface area contributed by atoms with Gasteiger partial charge in [0, 0.05) is 16.8 Å². The smallest absolute Gasteiger partial charge is 0.224 e. The lowest BCUT2D eigenvalue weighted by Gasteiger charge is -2.20. The molecule has 0 N–H and O–H groups in total. The molecule has 6 aromatic rings. The zero-order chi connectivity index (χ0) is 24.9. The summed E-state index contributed by atoms with van der Waals surface area (Å²) in [4.78, 5) is 0. The van der Waals surface area contributed by atoms with E-state index in [0.717, 1.165) is 12.8 Å². The molecule has 0 bridgehead atoms. The highest BCUT2D eigenvalue weighted by Gasteiger charge is 2.26. The average molecular weight is 462 g/mol. The van der Waals surface area contributed by atoms with Crippen molar-refractivity contribution < 1.29 is 4.57 Å². The fourth-order valence-corrected chi connectivity index (χ4v) is 6.33. The van der Waals surface area contributed by atoms with Gasteiger partial charge in [-0.3, -0.25) is 0 Å². The summed E-state index contributed by atoms with van der Waals surface area (Å²) in [6, 6.07) is 18.8. The Morgan fingerprint density at radius 2 is 1.51 bits per heavy atom. The summed E-state index contributed by atoms with van der Waals surface area (Å²) in [7, 11) is 2.20. The average Bonchev–Trinajstić information content (AvgIpc) is 3.08. The third-order valence-corrected chi connectivity index (χ3v) is 7.46. The molecule has 0 aliphatic carbocycles. The molecule has 0 spiro atoms. The van der Waals surface area contributed by atoms with Gasteiger partial charge in [-0.15, -0.1) is 0 Å². The summed E-state index contributed by atoms with van der Waals surface area (Å²) in [5.41, 5.74) is 10.0. The van der Waals surface area contributed by atoms with Gasteiger partial charge in [0.1, 0.15) is 7.05 Å². The number of hydrogen-bond donors (Lipinski definition) is 0. The molecule has 6 rings (SSSR count). The van der Waals surface area contributed by atoms with Crippen LogP contribution >= 0.6 is 0 Å². The highest BCUT2D eigenvalue weighted by molar-refractivity contribution is 6.26. The van der Waals surface area contributed by atoms with Crippen molar-refractivity contribution in [1.29, 1.82) is 0 Å². The van der Waals surface area contributed by atoms with Crippen LogP contribution in [0.1, 0.15) is 58.2 Å². The van der Waals surface area contributed by atoms with Gasteiger partial charge in [0.15, 0.2) is 6.20 Å². The number of aryl methyl sites for hydroxylation is 2. The molecule has 0 aliphatic rings. The maximum Gasteiger partial charge on any atom is 0.224 e. The molecule has 178 valence electrons. The van der Waals surface area contributed by atoms with E-state index in [1.165, 1.54) is 65.7 Å². The minimum Gasteiger partial charge on any atom is -0.307 e. The molecule has 0 aliphatic heterocycles. The van der Waals surface area contributed by atoms with Crippen molar-refractivity contribution in [3.05, 3.63) is 71.4 Å². The Morgan fingerprint density at radius 1 is 0.771 bits per heavy atom. The molecular weight excluding hydrogens is 424 g/mol. The van der Waals surface area contributed by atoms with Crippen LogP contribution in [-0.4, -0.2) is 4.40 Å². The largest absolute Gasteiger partial charge is 0.307 e. The second kappa shape index (κ2) is 7.20. The van der Waals surface area contributed by atoms with Gasteiger partial charge in [0.25, 0.3) is 0 Å². The minimum absolute atomic E-state index is 0.228. The Morgan fingerprint density at radius 3 is 2.23 bits per heavy atom. The molecule has 3 aromatic carbocycles. The van der Waals surface area contributed by atoms with E-state index >= 15 is 0 Å². The van der Waals surface area contributed by atoms with Gasteiger partial charge >= 0.3 is 0 Å². The molecule has 3 aromatic heterocycles. The molecule has 35 heavy (non-hydrogen) atoms. The number of hydrogen-bond acceptors (Lipinski definition) is 0. The summed E-state index contributed by atoms with van der Waals surface area (Å²) >= 11 is 0. The van der Waals surface area contributed by atoms with Crippen LogP contribution in [0.5, 0.6) is 0 Å². The van der Waals surface area contributed by atoms with E-state index in [1.807, 2.05) is 0 Å². The van der Waals surface area contributed by atoms with Crippen LogP contribution in [0, 0.1) is 17.8 Å². The molecule has 0 fully saturated rings. The van der Waals surface area contributed by atoms with Crippen LogP contribution in [0.4, 0.5) is 0 Å². The van der Waals surface area contributed by atoms with Crippen molar-refractivity contribution >= 4 is 49.0 Å². The normalized spacial score (nSPS) is 13.4. The van der Waals surface area contributed by atoms with Gasteiger partial charge < -0.3 is 4.40 Å². The van der Waals surface area contributed by atoms with Crippen LogP contribution in [0.2, 0.25) is 0 Å². The molecule has 2 nitrogen and oxygen atoms in total. The van der Waals surface area contributed by atoms with E-state index in [1.54, 1.807) is 0 Å². The number of aromatic nitrogens is 2. The number of pyridine rings is 2. The van der Waals surface area contributed by atoms with Crippen molar-refractivity contribution in [3.8, 4) is 0 Å². The Kier molecular flexibility index (Phi) is 4.59. The number of benzene rings is 3. The number of rotatable bonds is 2. The van der Waals surface area contributed by atoms with Crippen LogP contribution in [-0.2, 0) is 19.9 Å². The lowest BCUT2D eigenvalue weighted by molar-refractivity contribution is -0.643. The van der Waals surface area contributed by atoms with Crippen molar-refractivity contribution in [2.24, 2.45) is 17.9 Å². The highest BCUT2D eigenvalue weighted by atomic mass is 15.0. The van der Waals surface area contributed by atoms with E-state index < -0.39 is 0 Å². The predicted molar refractivity (Wildman–Crippen MR) is 151 cm³/mol. The van der Waals surface area contributed by atoms with E-state index in [9.17, 15) is 0 Å². The second-order valence-electron chi connectivity index (χ2n) is 13.1. The topological polar surface area (TPSA) is 8.29 Å². The van der Waals surface area contributed by atoms with Gasteiger partial charge in [-0.25, -0.2) is 4.57 Å². The van der Waals surface area contributed by atoms with Crippen LogP contribution < -0.4 is 4.57 Å². The Balaban J connectivity index is 1.91. The fourth-order valence-electron chi connectivity index (χ4n) is 6.33. The molecule has 0 unspecified atom stereocenters. The van der Waals surface area contributed by atoms with E-state index in [-0.39, 0.29) is 10.8 Å². The maximum atomic E-state index is 2.58. The second-order valence-corrected chi connectivity index (χ2v) is 13.1. The van der Waals surface area contributed by atoms with Gasteiger partial charge in [0.05, 0.1) is 27.3 Å². The summed E-state index contributed by atoms with van der Waals surface area (Å²) < 4.78 is 4.91. The molecule has 0 amide bonds. The van der Waals surface area contributed by atoms with E-state index in [0.29, 0.717) is 0 Å². The SMILES string of the molecule is Cc1ccc2c3c(CC(C)(C)C)cccc3n3c4cc(CC(C)(C)C)cc5cc[n+](C)c(c1c23)c54. The first-order chi connectivity index (χ1) is 16.4. The van der Waals surface area contributed by atoms with Gasteiger partial charge in [-0.2, -0.15) is 0 Å². The van der Waals surface area contributed by atoms with Crippen LogP contribution in [0.15, 0.2) is 54.7 Å². The summed E-state index contributed by atoms with van der Waals surface area (Å²) in [6.45, 7) is 16.3. The molecular formula is C33H37N2+. The van der Waals surface area contributed by atoms with Crippen molar-refractivity contribution in [2.45, 2.75) is 61.3 Å². The number of nitrogens with zero attached hydrogens (tertiary/aromatic N) is 2. The van der Waals surface area contributed by atoms with Gasteiger partial charge in [-0.1, -0.05) is 71.9 Å². The van der Waals surface area contributed by atoms with Crippen molar-refractivity contribution in [2.75, 3.05) is 0 Å². The standard InChI is InChI=1S/C33H37N2/c1-20-12-13-24-28-23(19-33(5,6)7)10-9-11-25(28)35-26-17-21(18-32(2,3)4)16-22-14-15-34(8)31(29(22)26)27(20)30(24)35/h9-17H,18-19H2,1-8H3/q+1. The van der Waals surface area contributed by atoms with Crippen molar-refractivity contribution in [1.82, 2.24) is 4.40 Å². The summed E-state index contributed by atoms with van der Waals surface area (Å²) in [6.07, 6.45) is 4.36. The molecule has 3 heterocycles. The summed E-state index contributed by atoms with van der Waals surface area (Å²) in [5, 5.41) is 6.89. The first kappa shape index (κ1) is 22.3. The summed E-state index contributed by atoms with van der Waals surface area (Å²) in [5.74, 6) is 0. The van der Waals surface area contributed by atoms with E-state index in [4.69, 9.17) is 0 Å². The van der Waals surface area contributed by atoms with Crippen molar-refractivity contribution in [3.63, 3.8) is 0 Å². The first-order valence-corrected chi connectivity index (χ1v) is 12.9. The molecule has 0 saturated carbocycles. The quantitative estimate of drug-likeness (QED) is 0.139. The molecule has 0 saturated heterocycles. The molecule has 2 heteroatoms. The van der Waals surface area contributed by atoms with Crippen LogP contribution in [0.3, 0.4) is 0 Å². The lowest BCUT2D eigenvalue weighted by Crippen LogP contribution is -2.29. The molecule has 0 atom stereocenters. The molecule has 0 radical (unpaired) electrons. The highest BCUT2D eigenvalue weighted by Crippen LogP contribution is 2.43. The monoisotopic (exact) mass is 461 g/mol. The number of fused-ring (bicyclic) bond motifs is 5. The van der Waals surface area contributed by atoms with Crippen LogP contribution in [0.25, 0.3) is 49.0 Å². The van der Waals surface area contributed by atoms with E-state index in [2.05, 4.69) is 119 Å². The fraction of sp³-hybridized carbons (Fsp3) is 0.364. The zero-order valence-corrected chi connectivity index (χ0v) is 22.5. The predicted octanol–water partition coefficient (Wildman–Crippen LogP) is 8.30. The lowest BCUT2D eigenvalue weighted by atomic mass is 9.86. The van der Waals surface area contributed by atoms with Gasteiger partial charge in [-0.05, 0) is 64.8 Å². The maximum absolute atomic E-state index is 2.58. The Bertz CT molecular complexity index is 1770. The third-order valence-electron chi connectivity index (χ3n) is 7.46.